The quantitative estimate of drug-likeness (QED) is 0.666. The van der Waals surface area contributed by atoms with Crippen LogP contribution in [-0.4, -0.2) is 19.7 Å². The molecule has 0 unspecified atom stereocenters. The number of benzene rings is 1. The van der Waals surface area contributed by atoms with Gasteiger partial charge in [0.25, 0.3) is 0 Å². The zero-order valence-electron chi connectivity index (χ0n) is 8.71. The van der Waals surface area contributed by atoms with Crippen LogP contribution in [0.15, 0.2) is 36.5 Å². The van der Waals surface area contributed by atoms with E-state index in [9.17, 15) is 0 Å². The van der Waals surface area contributed by atoms with Crippen LogP contribution in [0.1, 0.15) is 0 Å². The summed E-state index contributed by atoms with van der Waals surface area (Å²) < 4.78 is 1.65. The molecule has 0 saturated heterocycles. The summed E-state index contributed by atoms with van der Waals surface area (Å²) in [5, 5.41) is 5.32. The molecule has 84 valence electrons. The van der Waals surface area contributed by atoms with E-state index >= 15 is 0 Å². The van der Waals surface area contributed by atoms with Gasteiger partial charge in [-0.05, 0) is 23.7 Å². The first-order valence-corrected chi connectivity index (χ1v) is 5.35. The van der Waals surface area contributed by atoms with Crippen molar-refractivity contribution in [1.29, 1.82) is 0 Å². The molecule has 2 aromatic heterocycles. The van der Waals surface area contributed by atoms with Crippen LogP contribution in [0.5, 0.6) is 0 Å². The Morgan fingerprint density at radius 2 is 2.00 bits per heavy atom. The van der Waals surface area contributed by atoms with Gasteiger partial charge < -0.3 is 5.73 Å². The van der Waals surface area contributed by atoms with E-state index < -0.39 is 0 Å². The number of para-hydroxylation sites is 1. The third kappa shape index (κ3) is 1.60. The van der Waals surface area contributed by atoms with Crippen molar-refractivity contribution in [3.8, 4) is 5.82 Å². The van der Waals surface area contributed by atoms with Gasteiger partial charge in [0.05, 0.1) is 5.52 Å². The molecule has 3 aromatic rings. The predicted octanol–water partition coefficient (Wildman–Crippen LogP) is 2.05. The predicted molar refractivity (Wildman–Crippen MR) is 66.1 cm³/mol. The molecule has 17 heavy (non-hydrogen) atoms. The van der Waals surface area contributed by atoms with Crippen molar-refractivity contribution in [3.63, 3.8) is 0 Å². The van der Waals surface area contributed by atoms with Crippen LogP contribution < -0.4 is 5.73 Å². The molecule has 3 rings (SSSR count). The van der Waals surface area contributed by atoms with E-state index in [1.807, 2.05) is 24.3 Å². The lowest BCUT2D eigenvalue weighted by Gasteiger charge is -2.01. The molecule has 0 radical (unpaired) electrons. The summed E-state index contributed by atoms with van der Waals surface area (Å²) in [6.45, 7) is 0. The molecule has 5 nitrogen and oxygen atoms in total. The molecular formula is C11H8ClN5. The van der Waals surface area contributed by atoms with E-state index in [-0.39, 0.29) is 5.28 Å². The highest BCUT2D eigenvalue weighted by molar-refractivity contribution is 6.28. The fraction of sp³-hybridized carbons (Fsp3) is 0. The van der Waals surface area contributed by atoms with Gasteiger partial charge in [-0.25, -0.2) is 9.67 Å². The second-order valence-corrected chi connectivity index (χ2v) is 3.84. The van der Waals surface area contributed by atoms with Gasteiger partial charge >= 0.3 is 0 Å². The number of rotatable bonds is 1. The molecule has 1 aromatic carbocycles. The summed E-state index contributed by atoms with van der Waals surface area (Å²) in [5.41, 5.74) is 6.73. The Morgan fingerprint density at radius 3 is 2.82 bits per heavy atom. The van der Waals surface area contributed by atoms with Crippen LogP contribution in [0.4, 0.5) is 5.82 Å². The third-order valence-electron chi connectivity index (χ3n) is 2.44. The normalized spacial score (nSPS) is 10.9. The van der Waals surface area contributed by atoms with E-state index in [4.69, 9.17) is 17.3 Å². The summed E-state index contributed by atoms with van der Waals surface area (Å²) in [6.07, 6.45) is 1.58. The van der Waals surface area contributed by atoms with Crippen LogP contribution in [0.3, 0.4) is 0 Å². The Hall–Kier alpha value is -2.14. The van der Waals surface area contributed by atoms with Crippen molar-refractivity contribution in [3.05, 3.63) is 41.8 Å². The molecular weight excluding hydrogens is 238 g/mol. The lowest BCUT2D eigenvalue weighted by atomic mass is 10.2. The van der Waals surface area contributed by atoms with Gasteiger partial charge in [-0.1, -0.05) is 12.1 Å². The minimum absolute atomic E-state index is 0.181. The molecule has 6 heteroatoms. The number of aromatic nitrogens is 4. The van der Waals surface area contributed by atoms with Gasteiger partial charge in [-0.3, -0.25) is 0 Å². The Balaban J connectivity index is 2.31. The molecule has 2 heterocycles. The fourth-order valence-corrected chi connectivity index (χ4v) is 1.85. The van der Waals surface area contributed by atoms with Gasteiger partial charge in [0, 0.05) is 17.6 Å². The molecule has 0 saturated carbocycles. The number of hydrogen-bond acceptors (Lipinski definition) is 4. The average Bonchev–Trinajstić information content (AvgIpc) is 2.68. The largest absolute Gasteiger partial charge is 0.382 e. The van der Waals surface area contributed by atoms with Gasteiger partial charge in [-0.15, -0.1) is 5.10 Å². The maximum atomic E-state index is 5.84. The Morgan fingerprint density at radius 1 is 1.18 bits per heavy atom. The van der Waals surface area contributed by atoms with E-state index in [0.29, 0.717) is 11.6 Å². The molecule has 0 spiro atoms. The smallest absolute Gasteiger partial charge is 0.224 e. The maximum absolute atomic E-state index is 5.84. The summed E-state index contributed by atoms with van der Waals surface area (Å²) in [5.74, 6) is 1.06. The number of fused-ring (bicyclic) bond motifs is 1. The third-order valence-corrected chi connectivity index (χ3v) is 2.63. The Labute approximate surface area is 102 Å². The topological polar surface area (TPSA) is 69.6 Å². The zero-order chi connectivity index (χ0) is 11.8. The minimum Gasteiger partial charge on any atom is -0.382 e. The second kappa shape index (κ2) is 3.71. The number of nitrogens with two attached hydrogens (primary N) is 1. The van der Waals surface area contributed by atoms with E-state index in [2.05, 4.69) is 15.1 Å². The summed E-state index contributed by atoms with van der Waals surface area (Å²) >= 11 is 5.76. The van der Waals surface area contributed by atoms with Crippen molar-refractivity contribution in [2.75, 3.05) is 5.73 Å². The van der Waals surface area contributed by atoms with Crippen LogP contribution in [0.2, 0.25) is 5.28 Å². The van der Waals surface area contributed by atoms with Crippen LogP contribution in [-0.2, 0) is 0 Å². The van der Waals surface area contributed by atoms with Crippen molar-refractivity contribution in [1.82, 2.24) is 19.7 Å². The number of nitrogens with zero attached hydrogens (tertiary/aromatic N) is 4. The van der Waals surface area contributed by atoms with Gasteiger partial charge in [0.15, 0.2) is 11.6 Å². The van der Waals surface area contributed by atoms with Crippen LogP contribution in [0, 0.1) is 0 Å². The summed E-state index contributed by atoms with van der Waals surface area (Å²) in [6, 6.07) is 9.40. The number of anilines is 1. The Bertz CT molecular complexity index is 691. The van der Waals surface area contributed by atoms with Gasteiger partial charge in [-0.2, -0.15) is 4.98 Å². The van der Waals surface area contributed by atoms with Crippen molar-refractivity contribution < 1.29 is 0 Å². The summed E-state index contributed by atoms with van der Waals surface area (Å²) in [4.78, 5) is 7.94. The van der Waals surface area contributed by atoms with Crippen molar-refractivity contribution in [2.24, 2.45) is 0 Å². The van der Waals surface area contributed by atoms with Gasteiger partial charge in [0.2, 0.25) is 5.28 Å². The monoisotopic (exact) mass is 245 g/mol. The van der Waals surface area contributed by atoms with Crippen molar-refractivity contribution in [2.45, 2.75) is 0 Å². The molecule has 0 atom stereocenters. The molecule has 0 amide bonds. The minimum atomic E-state index is 0.181. The highest BCUT2D eigenvalue weighted by atomic mass is 35.5. The SMILES string of the molecule is Nc1nn(-c2ccnc(Cl)n2)c2ccccc12. The van der Waals surface area contributed by atoms with Crippen LogP contribution in [0.25, 0.3) is 16.7 Å². The average molecular weight is 246 g/mol. The number of hydrogen-bond donors (Lipinski definition) is 1. The van der Waals surface area contributed by atoms with E-state index in [1.165, 1.54) is 0 Å². The van der Waals surface area contributed by atoms with Gasteiger partial charge in [0.1, 0.15) is 0 Å². The molecule has 0 bridgehead atoms. The second-order valence-electron chi connectivity index (χ2n) is 3.50. The zero-order valence-corrected chi connectivity index (χ0v) is 9.46. The van der Waals surface area contributed by atoms with Crippen LogP contribution >= 0.6 is 11.6 Å². The molecule has 0 fully saturated rings. The summed E-state index contributed by atoms with van der Waals surface area (Å²) in [7, 11) is 0. The molecule has 0 aliphatic heterocycles. The highest BCUT2D eigenvalue weighted by Gasteiger charge is 2.09. The number of halogens is 1. The Kier molecular flexibility index (Phi) is 2.19. The molecule has 0 aliphatic carbocycles. The lowest BCUT2D eigenvalue weighted by molar-refractivity contribution is 0.871. The highest BCUT2D eigenvalue weighted by Crippen LogP contribution is 2.22. The molecule has 0 aliphatic rings. The lowest BCUT2D eigenvalue weighted by Crippen LogP contribution is -2.00. The molecule has 2 N–H and O–H groups in total. The first-order valence-electron chi connectivity index (χ1n) is 4.98. The van der Waals surface area contributed by atoms with E-state index in [0.717, 1.165) is 10.9 Å². The standard InChI is InChI=1S/C11H8ClN5/c12-11-14-6-5-9(15-11)17-8-4-2-1-3-7(8)10(13)16-17/h1-6H,(H2,13,16). The first kappa shape index (κ1) is 10.0. The van der Waals surface area contributed by atoms with Crippen molar-refractivity contribution >= 4 is 28.3 Å². The fourth-order valence-electron chi connectivity index (χ4n) is 1.71. The first-order chi connectivity index (χ1) is 8.25. The maximum Gasteiger partial charge on any atom is 0.224 e. The number of nitrogen functional groups attached to an aromatic ring is 1. The van der Waals surface area contributed by atoms with E-state index in [1.54, 1.807) is 16.9 Å².